The minimum atomic E-state index is -1.06. The number of aliphatic hydroxyl groups is 1. The molecule has 3 nitrogen and oxygen atoms in total. The van der Waals surface area contributed by atoms with Crippen molar-refractivity contribution in [1.29, 1.82) is 0 Å². The third-order valence-corrected chi connectivity index (χ3v) is 2.87. The zero-order chi connectivity index (χ0) is 12.2. The van der Waals surface area contributed by atoms with Crippen LogP contribution in [0.2, 0.25) is 5.02 Å². The van der Waals surface area contributed by atoms with E-state index in [1.54, 1.807) is 32.4 Å². The van der Waals surface area contributed by atoms with E-state index in [0.29, 0.717) is 22.8 Å². The van der Waals surface area contributed by atoms with Gasteiger partial charge in [-0.3, -0.25) is 0 Å². The SMILES string of the molecule is CCC(O)(COC)c1cc(Cl)ccc1OC. The minimum absolute atomic E-state index is 0.209. The number of ether oxygens (including phenoxy) is 2. The van der Waals surface area contributed by atoms with Crippen LogP contribution in [0.15, 0.2) is 18.2 Å². The predicted octanol–water partition coefficient (Wildman–Crippen LogP) is 2.59. The molecule has 0 aliphatic rings. The third-order valence-electron chi connectivity index (χ3n) is 2.63. The molecule has 90 valence electrons. The average molecular weight is 245 g/mol. The highest BCUT2D eigenvalue weighted by Crippen LogP contribution is 2.34. The average Bonchev–Trinajstić information content (AvgIpc) is 2.29. The maximum atomic E-state index is 10.5. The lowest BCUT2D eigenvalue weighted by molar-refractivity contribution is -0.0400. The first-order valence-electron chi connectivity index (χ1n) is 5.12. The zero-order valence-corrected chi connectivity index (χ0v) is 10.5. The molecular formula is C12H17ClO3. The fourth-order valence-electron chi connectivity index (χ4n) is 1.65. The van der Waals surface area contributed by atoms with Crippen LogP contribution in [-0.4, -0.2) is 25.9 Å². The molecule has 1 N–H and O–H groups in total. The van der Waals surface area contributed by atoms with Crippen molar-refractivity contribution in [2.75, 3.05) is 20.8 Å². The van der Waals surface area contributed by atoms with Gasteiger partial charge >= 0.3 is 0 Å². The summed E-state index contributed by atoms with van der Waals surface area (Å²) in [4.78, 5) is 0. The highest BCUT2D eigenvalue weighted by Gasteiger charge is 2.30. The molecule has 0 saturated heterocycles. The Hall–Kier alpha value is -0.770. The van der Waals surface area contributed by atoms with Gasteiger partial charge in [0.1, 0.15) is 11.4 Å². The van der Waals surface area contributed by atoms with Crippen LogP contribution < -0.4 is 4.74 Å². The summed E-state index contributed by atoms with van der Waals surface area (Å²) in [6.45, 7) is 2.10. The summed E-state index contributed by atoms with van der Waals surface area (Å²) < 4.78 is 10.3. The largest absolute Gasteiger partial charge is 0.496 e. The Balaban J connectivity index is 3.21. The van der Waals surface area contributed by atoms with E-state index in [2.05, 4.69) is 0 Å². The summed E-state index contributed by atoms with van der Waals surface area (Å²) in [5.74, 6) is 0.616. The van der Waals surface area contributed by atoms with Crippen LogP contribution >= 0.6 is 11.6 Å². The Morgan fingerprint density at radius 2 is 2.06 bits per heavy atom. The second-order valence-electron chi connectivity index (χ2n) is 3.66. The van der Waals surface area contributed by atoms with E-state index >= 15 is 0 Å². The second-order valence-corrected chi connectivity index (χ2v) is 4.10. The molecule has 0 aromatic heterocycles. The van der Waals surface area contributed by atoms with Crippen molar-refractivity contribution in [3.63, 3.8) is 0 Å². The smallest absolute Gasteiger partial charge is 0.125 e. The number of hydrogen-bond acceptors (Lipinski definition) is 3. The maximum Gasteiger partial charge on any atom is 0.125 e. The van der Waals surface area contributed by atoms with Crippen molar-refractivity contribution < 1.29 is 14.6 Å². The van der Waals surface area contributed by atoms with Crippen LogP contribution in [0.1, 0.15) is 18.9 Å². The molecule has 16 heavy (non-hydrogen) atoms. The zero-order valence-electron chi connectivity index (χ0n) is 9.79. The summed E-state index contributed by atoms with van der Waals surface area (Å²) in [5.41, 5.74) is -0.405. The summed E-state index contributed by atoms with van der Waals surface area (Å²) in [7, 11) is 3.12. The molecule has 0 radical (unpaired) electrons. The summed E-state index contributed by atoms with van der Waals surface area (Å²) in [6.07, 6.45) is 0.525. The summed E-state index contributed by atoms with van der Waals surface area (Å²) in [5, 5.41) is 11.0. The van der Waals surface area contributed by atoms with Crippen LogP contribution in [-0.2, 0) is 10.3 Å². The summed E-state index contributed by atoms with van der Waals surface area (Å²) >= 11 is 5.93. The van der Waals surface area contributed by atoms with Crippen molar-refractivity contribution in [1.82, 2.24) is 0 Å². The van der Waals surface area contributed by atoms with E-state index < -0.39 is 5.60 Å². The van der Waals surface area contributed by atoms with Gasteiger partial charge < -0.3 is 14.6 Å². The molecule has 1 rings (SSSR count). The molecule has 0 fully saturated rings. The van der Waals surface area contributed by atoms with Gasteiger partial charge in [-0.2, -0.15) is 0 Å². The molecule has 1 aromatic carbocycles. The van der Waals surface area contributed by atoms with Crippen molar-refractivity contribution in [2.45, 2.75) is 18.9 Å². The first-order chi connectivity index (χ1) is 7.57. The standard InChI is InChI=1S/C12H17ClO3/c1-4-12(14,8-15-2)10-7-9(13)5-6-11(10)16-3/h5-7,14H,4,8H2,1-3H3. The fraction of sp³-hybridized carbons (Fsp3) is 0.500. The number of halogens is 1. The summed E-state index contributed by atoms with van der Waals surface area (Å²) in [6, 6.07) is 5.18. The highest BCUT2D eigenvalue weighted by molar-refractivity contribution is 6.30. The third kappa shape index (κ3) is 2.67. The topological polar surface area (TPSA) is 38.7 Å². The number of benzene rings is 1. The van der Waals surface area contributed by atoms with E-state index in [1.807, 2.05) is 6.92 Å². The van der Waals surface area contributed by atoms with Gasteiger partial charge in [0.25, 0.3) is 0 Å². The lowest BCUT2D eigenvalue weighted by atomic mass is 9.91. The van der Waals surface area contributed by atoms with Crippen LogP contribution in [0.3, 0.4) is 0 Å². The first-order valence-corrected chi connectivity index (χ1v) is 5.50. The molecule has 4 heteroatoms. The molecule has 0 aliphatic heterocycles. The van der Waals surface area contributed by atoms with Gasteiger partial charge in [0, 0.05) is 17.7 Å². The second kappa shape index (κ2) is 5.53. The van der Waals surface area contributed by atoms with Gasteiger partial charge in [-0.15, -0.1) is 0 Å². The minimum Gasteiger partial charge on any atom is -0.496 e. The quantitative estimate of drug-likeness (QED) is 0.865. The number of methoxy groups -OCH3 is 2. The number of hydrogen-bond donors (Lipinski definition) is 1. The Bertz CT molecular complexity index is 354. The van der Waals surface area contributed by atoms with Crippen LogP contribution in [0.25, 0.3) is 0 Å². The molecule has 1 unspecified atom stereocenters. The van der Waals surface area contributed by atoms with Crippen LogP contribution in [0.5, 0.6) is 5.75 Å². The Morgan fingerprint density at radius 1 is 1.38 bits per heavy atom. The maximum absolute atomic E-state index is 10.5. The Kier molecular flexibility index (Phi) is 4.59. The Morgan fingerprint density at radius 3 is 2.56 bits per heavy atom. The van der Waals surface area contributed by atoms with E-state index in [-0.39, 0.29) is 6.61 Å². The molecule has 0 spiro atoms. The van der Waals surface area contributed by atoms with Gasteiger partial charge in [-0.1, -0.05) is 18.5 Å². The van der Waals surface area contributed by atoms with Crippen LogP contribution in [0, 0.1) is 0 Å². The number of rotatable bonds is 5. The van der Waals surface area contributed by atoms with Crippen molar-refractivity contribution in [3.05, 3.63) is 28.8 Å². The molecule has 0 saturated carbocycles. The molecular weight excluding hydrogens is 228 g/mol. The normalized spacial score (nSPS) is 14.6. The van der Waals surface area contributed by atoms with Gasteiger partial charge in [-0.25, -0.2) is 0 Å². The first kappa shape index (κ1) is 13.3. The monoisotopic (exact) mass is 244 g/mol. The Labute approximate surface area is 101 Å². The van der Waals surface area contributed by atoms with E-state index in [9.17, 15) is 5.11 Å². The van der Waals surface area contributed by atoms with Crippen molar-refractivity contribution in [3.8, 4) is 5.75 Å². The lowest BCUT2D eigenvalue weighted by Gasteiger charge is -2.28. The van der Waals surface area contributed by atoms with E-state index in [0.717, 1.165) is 0 Å². The molecule has 0 amide bonds. The molecule has 0 heterocycles. The molecule has 0 aliphatic carbocycles. The van der Waals surface area contributed by atoms with Crippen molar-refractivity contribution in [2.24, 2.45) is 0 Å². The molecule has 1 aromatic rings. The van der Waals surface area contributed by atoms with E-state index in [1.165, 1.54) is 0 Å². The van der Waals surface area contributed by atoms with Gasteiger partial charge in [-0.05, 0) is 24.6 Å². The van der Waals surface area contributed by atoms with Gasteiger partial charge in [0.15, 0.2) is 0 Å². The van der Waals surface area contributed by atoms with E-state index in [4.69, 9.17) is 21.1 Å². The van der Waals surface area contributed by atoms with Crippen LogP contribution in [0.4, 0.5) is 0 Å². The predicted molar refractivity (Wildman–Crippen MR) is 64.1 cm³/mol. The van der Waals surface area contributed by atoms with Gasteiger partial charge in [0.2, 0.25) is 0 Å². The van der Waals surface area contributed by atoms with Gasteiger partial charge in [0.05, 0.1) is 13.7 Å². The molecule has 0 bridgehead atoms. The van der Waals surface area contributed by atoms with Crippen molar-refractivity contribution >= 4 is 11.6 Å². The lowest BCUT2D eigenvalue weighted by Crippen LogP contribution is -2.30. The molecule has 1 atom stereocenters. The highest BCUT2D eigenvalue weighted by atomic mass is 35.5. The fourth-order valence-corrected chi connectivity index (χ4v) is 1.83.